The lowest BCUT2D eigenvalue weighted by Gasteiger charge is -2.13. The fourth-order valence-corrected chi connectivity index (χ4v) is 3.68. The minimum Gasteiger partial charge on any atom is -0.481 e. The van der Waals surface area contributed by atoms with Crippen molar-refractivity contribution in [3.05, 3.63) is 47.3 Å². The van der Waals surface area contributed by atoms with Crippen LogP contribution in [-0.2, 0) is 0 Å². The van der Waals surface area contributed by atoms with Crippen LogP contribution in [0.3, 0.4) is 0 Å². The second-order valence-corrected chi connectivity index (χ2v) is 6.50. The maximum absolute atomic E-state index is 13.2. The van der Waals surface area contributed by atoms with E-state index < -0.39 is 0 Å². The third kappa shape index (κ3) is 2.33. The average molecular weight is 353 g/mol. The SMILES string of the molecule is COc1ccc(-n2cnc3c(N(C)C)c4ccnsc-4c3c2=O)cn1. The van der Waals surface area contributed by atoms with Crippen molar-refractivity contribution in [1.29, 1.82) is 0 Å². The molecule has 8 heteroatoms. The molecule has 126 valence electrons. The first-order valence-electron chi connectivity index (χ1n) is 7.57. The van der Waals surface area contributed by atoms with Gasteiger partial charge in [0.25, 0.3) is 5.56 Å². The molecule has 0 N–H and O–H groups in total. The van der Waals surface area contributed by atoms with E-state index in [0.29, 0.717) is 22.5 Å². The molecule has 0 fully saturated rings. The number of ether oxygens (including phenoxy) is 1. The van der Waals surface area contributed by atoms with Crippen LogP contribution in [0, 0.1) is 0 Å². The Morgan fingerprint density at radius 3 is 2.72 bits per heavy atom. The number of fused-ring (bicyclic) bond motifs is 3. The van der Waals surface area contributed by atoms with Gasteiger partial charge in [0.05, 0.1) is 34.9 Å². The van der Waals surface area contributed by atoms with Crippen LogP contribution in [0.2, 0.25) is 0 Å². The molecule has 1 aliphatic carbocycles. The Morgan fingerprint density at radius 2 is 2.04 bits per heavy atom. The van der Waals surface area contributed by atoms with E-state index in [1.807, 2.05) is 25.1 Å². The largest absolute Gasteiger partial charge is 0.481 e. The number of hydrogen-bond donors (Lipinski definition) is 0. The Bertz CT molecular complexity index is 1080. The molecule has 0 aromatic carbocycles. The van der Waals surface area contributed by atoms with E-state index >= 15 is 0 Å². The molecule has 3 heterocycles. The Hall–Kier alpha value is -3.00. The summed E-state index contributed by atoms with van der Waals surface area (Å²) >= 11 is 1.30. The van der Waals surface area contributed by atoms with Gasteiger partial charge in [0.15, 0.2) is 0 Å². The first-order chi connectivity index (χ1) is 12.1. The van der Waals surface area contributed by atoms with E-state index in [4.69, 9.17) is 4.74 Å². The van der Waals surface area contributed by atoms with Crippen LogP contribution in [0.25, 0.3) is 27.0 Å². The lowest BCUT2D eigenvalue weighted by molar-refractivity contribution is 0.398. The van der Waals surface area contributed by atoms with Crippen LogP contribution in [-0.4, -0.2) is 40.1 Å². The van der Waals surface area contributed by atoms with Crippen molar-refractivity contribution in [1.82, 2.24) is 18.9 Å². The molecule has 25 heavy (non-hydrogen) atoms. The maximum Gasteiger partial charge on any atom is 0.267 e. The smallest absolute Gasteiger partial charge is 0.267 e. The molecule has 0 amide bonds. The summed E-state index contributed by atoms with van der Waals surface area (Å²) in [6, 6.07) is 5.41. The van der Waals surface area contributed by atoms with Gasteiger partial charge in [-0.1, -0.05) is 0 Å². The molecule has 2 aliphatic rings. The standard InChI is InChI=1S/C17H15N5O2S/c1-21(2)15-11-6-7-20-25-16(11)13-14(15)19-9-22(17(13)23)10-4-5-12(24-3)18-8-10/h4-9H,1-3H3. The monoisotopic (exact) mass is 353 g/mol. The minimum atomic E-state index is -0.140. The molecule has 0 radical (unpaired) electrons. The average Bonchev–Trinajstić information content (AvgIpc) is 2.97. The topological polar surface area (TPSA) is 73.1 Å². The summed E-state index contributed by atoms with van der Waals surface area (Å²) < 4.78 is 10.8. The Labute approximate surface area is 147 Å². The number of rotatable bonds is 3. The summed E-state index contributed by atoms with van der Waals surface area (Å²) in [4.78, 5) is 24.7. The van der Waals surface area contributed by atoms with Gasteiger partial charge >= 0.3 is 0 Å². The van der Waals surface area contributed by atoms with Crippen molar-refractivity contribution in [2.75, 3.05) is 26.1 Å². The van der Waals surface area contributed by atoms with Crippen LogP contribution in [0.15, 0.2) is 41.7 Å². The summed E-state index contributed by atoms with van der Waals surface area (Å²) in [5, 5.41) is 0.579. The Morgan fingerprint density at radius 1 is 1.20 bits per heavy atom. The van der Waals surface area contributed by atoms with Gasteiger partial charge in [-0.3, -0.25) is 9.36 Å². The molecule has 0 atom stereocenters. The maximum atomic E-state index is 13.2. The third-order valence-corrected chi connectivity index (χ3v) is 4.86. The predicted molar refractivity (Wildman–Crippen MR) is 98.3 cm³/mol. The first-order valence-corrected chi connectivity index (χ1v) is 8.34. The Balaban J connectivity index is 2.03. The second kappa shape index (κ2) is 5.82. The summed E-state index contributed by atoms with van der Waals surface area (Å²) in [6.07, 6.45) is 4.87. The van der Waals surface area contributed by atoms with Gasteiger partial charge in [-0.25, -0.2) is 14.3 Å². The summed E-state index contributed by atoms with van der Waals surface area (Å²) in [6.45, 7) is 0. The van der Waals surface area contributed by atoms with E-state index in [0.717, 1.165) is 16.1 Å². The highest BCUT2D eigenvalue weighted by Crippen LogP contribution is 2.43. The van der Waals surface area contributed by atoms with Gasteiger partial charge in [-0.15, -0.1) is 0 Å². The fraction of sp³-hybridized carbons (Fsp3) is 0.176. The molecule has 1 aliphatic heterocycles. The zero-order valence-corrected chi connectivity index (χ0v) is 14.7. The highest BCUT2D eigenvalue weighted by atomic mass is 32.1. The second-order valence-electron chi connectivity index (χ2n) is 5.70. The number of pyridine rings is 1. The molecular weight excluding hydrogens is 338 g/mol. The van der Waals surface area contributed by atoms with Crippen LogP contribution in [0.5, 0.6) is 5.88 Å². The number of methoxy groups -OCH3 is 1. The molecule has 4 rings (SSSR count). The van der Waals surface area contributed by atoms with Crippen molar-refractivity contribution >= 4 is 28.1 Å². The van der Waals surface area contributed by atoms with E-state index in [9.17, 15) is 4.79 Å². The first kappa shape index (κ1) is 15.5. The minimum absolute atomic E-state index is 0.140. The summed E-state index contributed by atoms with van der Waals surface area (Å²) in [7, 11) is 5.44. The highest BCUT2D eigenvalue weighted by Gasteiger charge is 2.24. The Kier molecular flexibility index (Phi) is 3.61. The van der Waals surface area contributed by atoms with Gasteiger partial charge in [-0.05, 0) is 23.7 Å². The zero-order valence-electron chi connectivity index (χ0n) is 13.9. The molecule has 0 saturated heterocycles. The molecule has 2 aromatic heterocycles. The van der Waals surface area contributed by atoms with Crippen LogP contribution < -0.4 is 15.2 Å². The van der Waals surface area contributed by atoms with Crippen molar-refractivity contribution in [3.63, 3.8) is 0 Å². The van der Waals surface area contributed by atoms with Gasteiger partial charge in [0, 0.05) is 31.9 Å². The lowest BCUT2D eigenvalue weighted by atomic mass is 10.2. The molecular formula is C17H15N5O2S. The normalized spacial score (nSPS) is 11.2. The molecule has 0 spiro atoms. The summed E-state index contributed by atoms with van der Waals surface area (Å²) in [5.74, 6) is 0.492. The highest BCUT2D eigenvalue weighted by molar-refractivity contribution is 7.10. The van der Waals surface area contributed by atoms with Gasteiger partial charge < -0.3 is 9.64 Å². The zero-order chi connectivity index (χ0) is 17.6. The fourth-order valence-electron chi connectivity index (χ4n) is 2.92. The van der Waals surface area contributed by atoms with Crippen molar-refractivity contribution < 1.29 is 4.74 Å². The van der Waals surface area contributed by atoms with E-state index in [2.05, 4.69) is 14.3 Å². The quantitative estimate of drug-likeness (QED) is 0.563. The van der Waals surface area contributed by atoms with Crippen molar-refractivity contribution in [2.24, 2.45) is 0 Å². The van der Waals surface area contributed by atoms with Gasteiger partial charge in [-0.2, -0.15) is 0 Å². The third-order valence-electron chi connectivity index (χ3n) is 4.02. The van der Waals surface area contributed by atoms with E-state index in [1.54, 1.807) is 31.6 Å². The van der Waals surface area contributed by atoms with Crippen molar-refractivity contribution in [2.45, 2.75) is 0 Å². The number of nitrogens with zero attached hydrogens (tertiary/aromatic N) is 5. The van der Waals surface area contributed by atoms with Crippen LogP contribution in [0.4, 0.5) is 5.69 Å². The summed E-state index contributed by atoms with van der Waals surface area (Å²) in [5.41, 5.74) is 3.09. The van der Waals surface area contributed by atoms with Crippen LogP contribution in [0.1, 0.15) is 0 Å². The van der Waals surface area contributed by atoms with E-state index in [-0.39, 0.29) is 5.56 Å². The molecule has 0 bridgehead atoms. The number of hydrogen-bond acceptors (Lipinski definition) is 7. The molecule has 0 unspecified atom stereocenters. The van der Waals surface area contributed by atoms with E-state index in [1.165, 1.54) is 22.4 Å². The van der Waals surface area contributed by atoms with Crippen molar-refractivity contribution in [3.8, 4) is 22.0 Å². The number of anilines is 1. The molecule has 0 saturated carbocycles. The lowest BCUT2D eigenvalue weighted by Crippen LogP contribution is -2.19. The van der Waals surface area contributed by atoms with Gasteiger partial charge in [0.2, 0.25) is 5.88 Å². The van der Waals surface area contributed by atoms with Gasteiger partial charge in [0.1, 0.15) is 11.8 Å². The molecule has 7 nitrogen and oxygen atoms in total. The predicted octanol–water partition coefficient (Wildman–Crippen LogP) is 2.42. The number of aromatic nitrogens is 4. The van der Waals surface area contributed by atoms with Crippen LogP contribution >= 0.6 is 11.5 Å². The molecule has 2 aromatic rings.